The minimum atomic E-state index is 0. The van der Waals surface area contributed by atoms with Gasteiger partial charge in [-0.1, -0.05) is 18.9 Å². The molecule has 1 saturated heterocycles. The second-order valence-corrected chi connectivity index (χ2v) is 6.61. The van der Waals surface area contributed by atoms with Crippen LogP contribution in [-0.4, -0.2) is 36.1 Å². The maximum absolute atomic E-state index is 12.7. The molecule has 1 amide bonds. The predicted molar refractivity (Wildman–Crippen MR) is 95.1 cm³/mol. The van der Waals surface area contributed by atoms with E-state index in [1.165, 1.54) is 25.7 Å². The number of hydrogen-bond donors (Lipinski definition) is 1. The van der Waals surface area contributed by atoms with E-state index in [1.807, 2.05) is 24.0 Å². The van der Waals surface area contributed by atoms with Crippen LogP contribution in [0.3, 0.4) is 0 Å². The standard InChI is InChI=1S/C18H26N2O2.ClH/c1-13-6-7-14(19)12-17(13)18(21)20-10-8-16(9-11-20)22-15-4-2-3-5-15;/h6-7,12,15-16H,2-5,8-11,19H2,1H3;1H. The normalized spacial score (nSPS) is 19.6. The van der Waals surface area contributed by atoms with Crippen LogP contribution in [0.1, 0.15) is 54.4 Å². The van der Waals surface area contributed by atoms with Gasteiger partial charge in [-0.25, -0.2) is 0 Å². The summed E-state index contributed by atoms with van der Waals surface area (Å²) in [6.07, 6.45) is 7.71. The Bertz CT molecular complexity index is 536. The molecule has 1 saturated carbocycles. The highest BCUT2D eigenvalue weighted by atomic mass is 35.5. The van der Waals surface area contributed by atoms with Gasteiger partial charge >= 0.3 is 0 Å². The van der Waals surface area contributed by atoms with Gasteiger partial charge in [-0.15, -0.1) is 12.4 Å². The number of nitrogens with zero attached hydrogens (tertiary/aromatic N) is 1. The Morgan fingerprint density at radius 1 is 1.13 bits per heavy atom. The molecule has 0 bridgehead atoms. The average molecular weight is 339 g/mol. The summed E-state index contributed by atoms with van der Waals surface area (Å²) >= 11 is 0. The second kappa shape index (κ2) is 8.02. The molecule has 2 N–H and O–H groups in total. The van der Waals surface area contributed by atoms with Crippen molar-refractivity contribution in [1.29, 1.82) is 0 Å². The van der Waals surface area contributed by atoms with E-state index in [0.29, 0.717) is 17.9 Å². The van der Waals surface area contributed by atoms with Crippen molar-refractivity contribution in [3.63, 3.8) is 0 Å². The third-order valence-corrected chi connectivity index (χ3v) is 4.91. The number of piperidine rings is 1. The fourth-order valence-corrected chi connectivity index (χ4v) is 3.53. The first kappa shape index (κ1) is 18.1. The zero-order chi connectivity index (χ0) is 15.5. The molecule has 128 valence electrons. The SMILES string of the molecule is Cc1ccc(N)cc1C(=O)N1CCC(OC2CCCC2)CC1.Cl. The van der Waals surface area contributed by atoms with Gasteiger partial charge in [0.05, 0.1) is 12.2 Å². The molecule has 0 spiro atoms. The number of benzene rings is 1. The zero-order valence-electron chi connectivity index (χ0n) is 13.8. The van der Waals surface area contributed by atoms with Crippen LogP contribution in [0.25, 0.3) is 0 Å². The monoisotopic (exact) mass is 338 g/mol. The van der Waals surface area contributed by atoms with Crippen molar-refractivity contribution in [2.45, 2.75) is 57.7 Å². The van der Waals surface area contributed by atoms with Gasteiger partial charge in [0, 0.05) is 24.3 Å². The van der Waals surface area contributed by atoms with Crippen molar-refractivity contribution in [2.75, 3.05) is 18.8 Å². The lowest BCUT2D eigenvalue weighted by Crippen LogP contribution is -2.41. The lowest BCUT2D eigenvalue weighted by Gasteiger charge is -2.33. The number of ether oxygens (including phenoxy) is 1. The lowest BCUT2D eigenvalue weighted by molar-refractivity contribution is -0.0357. The molecule has 3 rings (SSSR count). The molecule has 5 heteroatoms. The van der Waals surface area contributed by atoms with Crippen molar-refractivity contribution in [2.24, 2.45) is 0 Å². The molecule has 4 nitrogen and oxygen atoms in total. The molecule has 1 aromatic carbocycles. The number of likely N-dealkylation sites (tertiary alicyclic amines) is 1. The van der Waals surface area contributed by atoms with Gasteiger partial charge in [0.15, 0.2) is 0 Å². The topological polar surface area (TPSA) is 55.6 Å². The van der Waals surface area contributed by atoms with Gasteiger partial charge in [-0.3, -0.25) is 4.79 Å². The summed E-state index contributed by atoms with van der Waals surface area (Å²) in [7, 11) is 0. The van der Waals surface area contributed by atoms with E-state index in [2.05, 4.69) is 0 Å². The van der Waals surface area contributed by atoms with Gasteiger partial charge in [0.1, 0.15) is 0 Å². The Balaban J connectivity index is 0.00000192. The van der Waals surface area contributed by atoms with E-state index in [-0.39, 0.29) is 18.3 Å². The van der Waals surface area contributed by atoms with Crippen molar-refractivity contribution in [3.8, 4) is 0 Å². The maximum Gasteiger partial charge on any atom is 0.254 e. The maximum atomic E-state index is 12.7. The highest BCUT2D eigenvalue weighted by molar-refractivity contribution is 5.96. The second-order valence-electron chi connectivity index (χ2n) is 6.61. The molecule has 1 heterocycles. The average Bonchev–Trinajstić information content (AvgIpc) is 3.03. The van der Waals surface area contributed by atoms with E-state index in [9.17, 15) is 4.79 Å². The molecule has 1 aliphatic carbocycles. The van der Waals surface area contributed by atoms with Gasteiger partial charge in [0.25, 0.3) is 5.91 Å². The van der Waals surface area contributed by atoms with E-state index in [1.54, 1.807) is 6.07 Å². The quantitative estimate of drug-likeness (QED) is 0.857. The van der Waals surface area contributed by atoms with Crippen LogP contribution in [0.15, 0.2) is 18.2 Å². The number of carbonyl (C=O) groups is 1. The first-order chi connectivity index (χ1) is 10.6. The minimum Gasteiger partial charge on any atom is -0.399 e. The van der Waals surface area contributed by atoms with Gasteiger partial charge < -0.3 is 15.4 Å². The van der Waals surface area contributed by atoms with Crippen LogP contribution >= 0.6 is 12.4 Å². The summed E-state index contributed by atoms with van der Waals surface area (Å²) in [4.78, 5) is 14.6. The summed E-state index contributed by atoms with van der Waals surface area (Å²) in [5, 5.41) is 0. The number of rotatable bonds is 3. The largest absolute Gasteiger partial charge is 0.399 e. The van der Waals surface area contributed by atoms with Crippen LogP contribution < -0.4 is 5.73 Å². The molecule has 0 aromatic heterocycles. The molecular weight excluding hydrogens is 312 g/mol. The van der Waals surface area contributed by atoms with Crippen LogP contribution in [0, 0.1) is 6.92 Å². The summed E-state index contributed by atoms with van der Waals surface area (Å²) in [5.41, 5.74) is 8.19. The molecule has 0 atom stereocenters. The summed E-state index contributed by atoms with van der Waals surface area (Å²) in [6.45, 7) is 3.53. The van der Waals surface area contributed by atoms with Crippen molar-refractivity contribution in [1.82, 2.24) is 4.90 Å². The summed E-state index contributed by atoms with van der Waals surface area (Å²) in [6, 6.07) is 5.55. The number of hydrogen-bond acceptors (Lipinski definition) is 3. The van der Waals surface area contributed by atoms with Crippen LogP contribution in [0.2, 0.25) is 0 Å². The number of amides is 1. The molecule has 0 unspecified atom stereocenters. The lowest BCUT2D eigenvalue weighted by atomic mass is 10.0. The predicted octanol–water partition coefficient (Wildman–Crippen LogP) is 3.56. The first-order valence-corrected chi connectivity index (χ1v) is 8.44. The molecule has 0 radical (unpaired) electrons. The number of anilines is 1. The molecule has 1 aromatic rings. The molecular formula is C18H27ClN2O2. The number of carbonyl (C=O) groups excluding carboxylic acids is 1. The number of nitrogens with two attached hydrogens (primary N) is 1. The molecule has 2 fully saturated rings. The minimum absolute atomic E-state index is 0. The highest BCUT2D eigenvalue weighted by Gasteiger charge is 2.27. The Kier molecular flexibility index (Phi) is 6.31. The van der Waals surface area contributed by atoms with Crippen LogP contribution in [-0.2, 0) is 4.74 Å². The van der Waals surface area contributed by atoms with E-state index in [0.717, 1.165) is 37.1 Å². The third-order valence-electron chi connectivity index (χ3n) is 4.91. The highest BCUT2D eigenvalue weighted by Crippen LogP contribution is 2.26. The van der Waals surface area contributed by atoms with Crippen molar-refractivity contribution < 1.29 is 9.53 Å². The fraction of sp³-hybridized carbons (Fsp3) is 0.611. The van der Waals surface area contributed by atoms with Gasteiger partial charge in [-0.2, -0.15) is 0 Å². The van der Waals surface area contributed by atoms with Gasteiger partial charge in [0.2, 0.25) is 0 Å². The van der Waals surface area contributed by atoms with Crippen LogP contribution in [0.5, 0.6) is 0 Å². The summed E-state index contributed by atoms with van der Waals surface area (Å²) in [5.74, 6) is 0.101. The van der Waals surface area contributed by atoms with Gasteiger partial charge in [-0.05, 0) is 50.3 Å². The van der Waals surface area contributed by atoms with E-state index < -0.39 is 0 Å². The van der Waals surface area contributed by atoms with E-state index >= 15 is 0 Å². The zero-order valence-corrected chi connectivity index (χ0v) is 14.6. The fourth-order valence-electron chi connectivity index (χ4n) is 3.53. The van der Waals surface area contributed by atoms with Crippen molar-refractivity contribution >= 4 is 24.0 Å². The smallest absolute Gasteiger partial charge is 0.254 e. The van der Waals surface area contributed by atoms with E-state index in [4.69, 9.17) is 10.5 Å². The first-order valence-electron chi connectivity index (χ1n) is 8.44. The Morgan fingerprint density at radius 3 is 2.39 bits per heavy atom. The third kappa shape index (κ3) is 4.39. The Morgan fingerprint density at radius 2 is 1.74 bits per heavy atom. The molecule has 2 aliphatic rings. The molecule has 23 heavy (non-hydrogen) atoms. The Labute approximate surface area is 144 Å². The Hall–Kier alpha value is -1.26. The van der Waals surface area contributed by atoms with Crippen LogP contribution in [0.4, 0.5) is 5.69 Å². The number of nitrogen functional groups attached to an aromatic ring is 1. The molecule has 1 aliphatic heterocycles. The number of halogens is 1. The van der Waals surface area contributed by atoms with Crippen molar-refractivity contribution in [3.05, 3.63) is 29.3 Å². The summed E-state index contributed by atoms with van der Waals surface area (Å²) < 4.78 is 6.17. The number of aryl methyl sites for hydroxylation is 1.